The summed E-state index contributed by atoms with van der Waals surface area (Å²) in [5.74, 6) is -0.420. The number of nitrogens with zero attached hydrogens (tertiary/aromatic N) is 4. The van der Waals surface area contributed by atoms with Crippen molar-refractivity contribution in [2.75, 3.05) is 0 Å². The highest BCUT2D eigenvalue weighted by molar-refractivity contribution is 5.81. The van der Waals surface area contributed by atoms with Gasteiger partial charge in [-0.1, -0.05) is 0 Å². The van der Waals surface area contributed by atoms with Gasteiger partial charge in [-0.3, -0.25) is 9.59 Å². The third-order valence-electron chi connectivity index (χ3n) is 1.96. The number of aryl methyl sites for hydroxylation is 1. The van der Waals surface area contributed by atoms with E-state index in [0.29, 0.717) is 16.6 Å². The minimum absolute atomic E-state index is 0.354. The first-order valence-electron chi connectivity index (χ1n) is 4.33. The molecule has 0 spiro atoms. The van der Waals surface area contributed by atoms with Crippen LogP contribution in [-0.2, 0) is 0 Å². The highest BCUT2D eigenvalue weighted by Gasteiger charge is 2.08. The van der Waals surface area contributed by atoms with Gasteiger partial charge in [0.25, 0.3) is 5.56 Å². The molecule has 2 rings (SSSR count). The zero-order valence-corrected chi connectivity index (χ0v) is 8.26. The van der Waals surface area contributed by atoms with E-state index in [2.05, 4.69) is 15.3 Å². The predicted octanol–water partition coefficient (Wildman–Crippen LogP) is 0.155. The van der Waals surface area contributed by atoms with Crippen LogP contribution >= 0.6 is 0 Å². The Morgan fingerprint density at radius 3 is 2.80 bits per heavy atom. The van der Waals surface area contributed by atoms with E-state index < -0.39 is 11.5 Å². The third-order valence-corrected chi connectivity index (χ3v) is 1.96. The van der Waals surface area contributed by atoms with E-state index in [1.54, 1.807) is 13.0 Å². The largest absolute Gasteiger partial charge is 0.283 e. The van der Waals surface area contributed by atoms with Gasteiger partial charge in [-0.05, 0) is 13.0 Å². The quantitative estimate of drug-likeness (QED) is 0.610. The molecule has 0 unspecified atom stereocenters. The second kappa shape index (κ2) is 3.23. The van der Waals surface area contributed by atoms with Crippen molar-refractivity contribution >= 4 is 16.8 Å². The molecule has 0 aliphatic rings. The van der Waals surface area contributed by atoms with Gasteiger partial charge in [0.2, 0.25) is 5.91 Å². The lowest BCUT2D eigenvalue weighted by Crippen LogP contribution is -2.27. The Hall–Kier alpha value is -2.11. The maximum absolute atomic E-state index is 11.7. The van der Waals surface area contributed by atoms with Gasteiger partial charge in [0.1, 0.15) is 5.52 Å². The fraction of sp³-hybridized carbons (Fsp3) is 0.222. The summed E-state index contributed by atoms with van der Waals surface area (Å²) in [6, 6.07) is 1.59. The first-order valence-corrected chi connectivity index (χ1v) is 4.33. The molecule has 0 amide bonds. The molecule has 0 saturated heterocycles. The number of carbonyl (C=O) groups is 1. The van der Waals surface area contributed by atoms with Crippen LogP contribution < -0.4 is 5.56 Å². The fourth-order valence-electron chi connectivity index (χ4n) is 1.27. The van der Waals surface area contributed by atoms with Crippen LogP contribution in [0.25, 0.3) is 10.9 Å². The van der Waals surface area contributed by atoms with Gasteiger partial charge in [-0.15, -0.1) is 5.10 Å². The molecule has 2 aromatic rings. The smallest absolute Gasteiger partial charge is 0.273 e. The number of aromatic nitrogens is 4. The highest BCUT2D eigenvalue weighted by atomic mass is 16.2. The summed E-state index contributed by atoms with van der Waals surface area (Å²) < 4.78 is 0.809. The number of rotatable bonds is 0. The fourth-order valence-corrected chi connectivity index (χ4v) is 1.27. The van der Waals surface area contributed by atoms with E-state index in [0.717, 1.165) is 4.68 Å². The van der Waals surface area contributed by atoms with Gasteiger partial charge in [0.15, 0.2) is 0 Å². The number of fused-ring (bicyclic) bond motifs is 1. The maximum Gasteiger partial charge on any atom is 0.283 e. The molecule has 0 saturated carbocycles. The standard InChI is InChI=1S/C9H8N4O2/c1-5-3-7-8(12-11-5)4-10-13(6(2)14)9(7)15/h3-4H,1-2H3. The van der Waals surface area contributed by atoms with Gasteiger partial charge >= 0.3 is 0 Å². The molecule has 0 N–H and O–H groups in total. The van der Waals surface area contributed by atoms with Crippen LogP contribution in [0.4, 0.5) is 0 Å². The summed E-state index contributed by atoms with van der Waals surface area (Å²) in [4.78, 5) is 22.8. The van der Waals surface area contributed by atoms with Gasteiger partial charge in [0.05, 0.1) is 17.3 Å². The van der Waals surface area contributed by atoms with E-state index >= 15 is 0 Å². The average Bonchev–Trinajstić information content (AvgIpc) is 2.19. The molecule has 6 heteroatoms. The Balaban J connectivity index is 2.89. The topological polar surface area (TPSA) is 77.7 Å². The molecule has 2 heterocycles. The lowest BCUT2D eigenvalue weighted by atomic mass is 10.3. The van der Waals surface area contributed by atoms with Gasteiger partial charge in [-0.2, -0.15) is 14.9 Å². The lowest BCUT2D eigenvalue weighted by molar-refractivity contribution is 0.0915. The summed E-state index contributed by atoms with van der Waals surface area (Å²) in [5, 5.41) is 11.6. The summed E-state index contributed by atoms with van der Waals surface area (Å²) >= 11 is 0. The molecule has 6 nitrogen and oxygen atoms in total. The van der Waals surface area contributed by atoms with Crippen molar-refractivity contribution in [2.24, 2.45) is 0 Å². The SMILES string of the molecule is CC(=O)n1ncc2nnc(C)cc2c1=O. The zero-order valence-electron chi connectivity index (χ0n) is 8.26. The maximum atomic E-state index is 11.7. The van der Waals surface area contributed by atoms with Crippen LogP contribution in [0.15, 0.2) is 17.1 Å². The molecule has 0 bridgehead atoms. The molecular weight excluding hydrogens is 196 g/mol. The highest BCUT2D eigenvalue weighted by Crippen LogP contribution is 2.03. The first-order chi connectivity index (χ1) is 7.09. The second-order valence-electron chi connectivity index (χ2n) is 3.17. The summed E-state index contributed by atoms with van der Waals surface area (Å²) in [6.45, 7) is 3.01. The Morgan fingerprint density at radius 1 is 1.40 bits per heavy atom. The third kappa shape index (κ3) is 1.50. The van der Waals surface area contributed by atoms with Crippen LogP contribution in [0, 0.1) is 6.92 Å². The molecule has 0 fully saturated rings. The second-order valence-corrected chi connectivity index (χ2v) is 3.17. The Kier molecular flexibility index (Phi) is 2.03. The van der Waals surface area contributed by atoms with Crippen LogP contribution in [0.2, 0.25) is 0 Å². The predicted molar refractivity (Wildman–Crippen MR) is 52.6 cm³/mol. The number of hydrogen-bond donors (Lipinski definition) is 0. The van der Waals surface area contributed by atoms with E-state index in [4.69, 9.17) is 0 Å². The monoisotopic (exact) mass is 204 g/mol. The van der Waals surface area contributed by atoms with Crippen molar-refractivity contribution in [1.82, 2.24) is 20.0 Å². The van der Waals surface area contributed by atoms with E-state index in [1.807, 2.05) is 0 Å². The normalized spacial score (nSPS) is 10.5. The average molecular weight is 204 g/mol. The molecule has 15 heavy (non-hydrogen) atoms. The van der Waals surface area contributed by atoms with Crippen molar-refractivity contribution < 1.29 is 4.79 Å². The molecule has 76 valence electrons. The van der Waals surface area contributed by atoms with E-state index in [-0.39, 0.29) is 0 Å². The summed E-state index contributed by atoms with van der Waals surface area (Å²) in [6.07, 6.45) is 1.35. The number of hydrogen-bond acceptors (Lipinski definition) is 5. The molecule has 0 atom stereocenters. The van der Waals surface area contributed by atoms with Crippen LogP contribution in [-0.4, -0.2) is 25.9 Å². The van der Waals surface area contributed by atoms with Crippen molar-refractivity contribution in [3.63, 3.8) is 0 Å². The molecule has 2 aromatic heterocycles. The Bertz CT molecular complexity index is 603. The molecule has 0 aliphatic heterocycles. The first kappa shape index (κ1) is 9.45. The Labute approximate surface area is 84.6 Å². The van der Waals surface area contributed by atoms with Crippen molar-refractivity contribution in [1.29, 1.82) is 0 Å². The van der Waals surface area contributed by atoms with Gasteiger partial charge < -0.3 is 0 Å². The lowest BCUT2D eigenvalue weighted by Gasteiger charge is -2.00. The Morgan fingerprint density at radius 2 is 2.13 bits per heavy atom. The van der Waals surface area contributed by atoms with Crippen molar-refractivity contribution in [2.45, 2.75) is 13.8 Å². The van der Waals surface area contributed by atoms with Crippen LogP contribution in [0.3, 0.4) is 0 Å². The van der Waals surface area contributed by atoms with Crippen LogP contribution in [0.5, 0.6) is 0 Å². The van der Waals surface area contributed by atoms with E-state index in [9.17, 15) is 9.59 Å². The molecule has 0 radical (unpaired) electrons. The molecular formula is C9H8N4O2. The minimum Gasteiger partial charge on any atom is -0.273 e. The minimum atomic E-state index is -0.460. The molecule has 0 aromatic carbocycles. The van der Waals surface area contributed by atoms with E-state index in [1.165, 1.54) is 13.1 Å². The summed E-state index contributed by atoms with van der Waals surface area (Å²) in [5.41, 5.74) is 0.557. The van der Waals surface area contributed by atoms with Gasteiger partial charge in [0, 0.05) is 6.92 Å². The molecule has 0 aliphatic carbocycles. The van der Waals surface area contributed by atoms with Crippen LogP contribution in [0.1, 0.15) is 17.4 Å². The van der Waals surface area contributed by atoms with Crippen molar-refractivity contribution in [3.05, 3.63) is 28.3 Å². The zero-order chi connectivity index (χ0) is 11.0. The van der Waals surface area contributed by atoms with Crippen molar-refractivity contribution in [3.8, 4) is 0 Å². The number of carbonyl (C=O) groups excluding carboxylic acids is 1. The summed E-state index contributed by atoms with van der Waals surface area (Å²) in [7, 11) is 0. The van der Waals surface area contributed by atoms with Gasteiger partial charge in [-0.25, -0.2) is 0 Å².